The topological polar surface area (TPSA) is 83.5 Å². The van der Waals surface area contributed by atoms with Gasteiger partial charge in [-0.25, -0.2) is 12.8 Å². The number of halogens is 2. The van der Waals surface area contributed by atoms with Gasteiger partial charge in [0.05, 0.1) is 15.9 Å². The van der Waals surface area contributed by atoms with E-state index in [0.717, 1.165) is 6.07 Å². The van der Waals surface area contributed by atoms with Crippen molar-refractivity contribution in [3.63, 3.8) is 0 Å². The molecule has 2 N–H and O–H groups in total. The molecule has 8 heteroatoms. The van der Waals surface area contributed by atoms with E-state index in [-0.39, 0.29) is 28.8 Å². The van der Waals surface area contributed by atoms with Crippen LogP contribution in [0.3, 0.4) is 0 Å². The standard InChI is InChI=1S/C10H11BrFNO4S/c11-8-4-3-7(6-9(8)12)13-18(16,17)5-1-2-10(14)15/h3-4,6,13H,1-2,5H2,(H,14,15). The lowest BCUT2D eigenvalue weighted by Gasteiger charge is -2.07. The Morgan fingerprint density at radius 1 is 1.44 bits per heavy atom. The highest BCUT2D eigenvalue weighted by atomic mass is 79.9. The fourth-order valence-corrected chi connectivity index (χ4v) is 2.56. The Kier molecular flexibility index (Phi) is 5.09. The molecule has 0 aliphatic rings. The highest BCUT2D eigenvalue weighted by molar-refractivity contribution is 9.10. The summed E-state index contributed by atoms with van der Waals surface area (Å²) in [6.45, 7) is 0. The molecule has 0 aliphatic carbocycles. The van der Waals surface area contributed by atoms with Crippen molar-refractivity contribution in [1.29, 1.82) is 0 Å². The van der Waals surface area contributed by atoms with E-state index in [2.05, 4.69) is 20.7 Å². The summed E-state index contributed by atoms with van der Waals surface area (Å²) < 4.78 is 38.6. The first kappa shape index (κ1) is 14.9. The number of anilines is 1. The zero-order chi connectivity index (χ0) is 13.8. The Labute approximate surface area is 112 Å². The number of hydrogen-bond donors (Lipinski definition) is 2. The van der Waals surface area contributed by atoms with Gasteiger partial charge in [0.25, 0.3) is 0 Å². The van der Waals surface area contributed by atoms with Gasteiger partial charge in [0.15, 0.2) is 0 Å². The molecule has 100 valence electrons. The zero-order valence-electron chi connectivity index (χ0n) is 9.19. The summed E-state index contributed by atoms with van der Waals surface area (Å²) in [7, 11) is -3.66. The highest BCUT2D eigenvalue weighted by Gasteiger charge is 2.12. The first-order valence-electron chi connectivity index (χ1n) is 4.97. The average Bonchev–Trinajstić information content (AvgIpc) is 2.22. The van der Waals surface area contributed by atoms with Gasteiger partial charge in [-0.2, -0.15) is 0 Å². The van der Waals surface area contributed by atoms with Crippen LogP contribution in [-0.2, 0) is 14.8 Å². The van der Waals surface area contributed by atoms with Gasteiger partial charge in [0, 0.05) is 6.42 Å². The summed E-state index contributed by atoms with van der Waals surface area (Å²) in [5.74, 6) is -1.96. The maximum Gasteiger partial charge on any atom is 0.303 e. The number of rotatable bonds is 6. The lowest BCUT2D eigenvalue weighted by atomic mass is 10.3. The molecule has 1 aromatic rings. The molecule has 0 aliphatic heterocycles. The summed E-state index contributed by atoms with van der Waals surface area (Å²) in [6.07, 6.45) is -0.223. The molecular weight excluding hydrogens is 329 g/mol. The van der Waals surface area contributed by atoms with E-state index < -0.39 is 21.8 Å². The van der Waals surface area contributed by atoms with E-state index in [9.17, 15) is 17.6 Å². The number of carboxylic acid groups (broad SMARTS) is 1. The molecule has 0 spiro atoms. The third-order valence-electron chi connectivity index (χ3n) is 2.00. The summed E-state index contributed by atoms with van der Waals surface area (Å²) >= 11 is 2.95. The second-order valence-corrected chi connectivity index (χ2v) is 6.24. The number of sulfonamides is 1. The third kappa shape index (κ3) is 5.01. The molecule has 5 nitrogen and oxygen atoms in total. The van der Waals surface area contributed by atoms with Crippen molar-refractivity contribution in [2.24, 2.45) is 0 Å². The molecule has 0 atom stereocenters. The van der Waals surface area contributed by atoms with Crippen molar-refractivity contribution in [3.05, 3.63) is 28.5 Å². The van der Waals surface area contributed by atoms with Crippen LogP contribution in [0.5, 0.6) is 0 Å². The minimum absolute atomic E-state index is 0.00365. The Morgan fingerprint density at radius 2 is 2.11 bits per heavy atom. The number of carboxylic acids is 1. The second kappa shape index (κ2) is 6.14. The molecule has 0 radical (unpaired) electrons. The molecule has 0 saturated heterocycles. The van der Waals surface area contributed by atoms with Crippen LogP contribution >= 0.6 is 15.9 Å². The van der Waals surface area contributed by atoms with E-state index in [1.54, 1.807) is 0 Å². The van der Waals surface area contributed by atoms with Gasteiger partial charge in [-0.1, -0.05) is 0 Å². The smallest absolute Gasteiger partial charge is 0.303 e. The molecule has 0 saturated carbocycles. The van der Waals surface area contributed by atoms with Crippen LogP contribution in [0.4, 0.5) is 10.1 Å². The monoisotopic (exact) mass is 339 g/mol. The van der Waals surface area contributed by atoms with Gasteiger partial charge in [-0.3, -0.25) is 9.52 Å². The minimum atomic E-state index is -3.66. The first-order chi connectivity index (χ1) is 8.30. The summed E-state index contributed by atoms with van der Waals surface area (Å²) in [5.41, 5.74) is 0.103. The second-order valence-electron chi connectivity index (χ2n) is 3.55. The van der Waals surface area contributed by atoms with Crippen LogP contribution in [0.15, 0.2) is 22.7 Å². The van der Waals surface area contributed by atoms with Gasteiger partial charge in [-0.05, 0) is 40.5 Å². The van der Waals surface area contributed by atoms with Gasteiger partial charge in [-0.15, -0.1) is 0 Å². The molecule has 0 fully saturated rings. The largest absolute Gasteiger partial charge is 0.481 e. The van der Waals surface area contributed by atoms with E-state index in [1.807, 2.05) is 0 Å². The first-order valence-corrected chi connectivity index (χ1v) is 7.42. The number of aliphatic carboxylic acids is 1. The van der Waals surface area contributed by atoms with Gasteiger partial charge in [0.2, 0.25) is 10.0 Å². The molecule has 18 heavy (non-hydrogen) atoms. The Bertz CT molecular complexity index is 547. The number of nitrogens with one attached hydrogen (secondary N) is 1. The van der Waals surface area contributed by atoms with Crippen molar-refractivity contribution in [3.8, 4) is 0 Å². The maximum absolute atomic E-state index is 13.2. The van der Waals surface area contributed by atoms with Gasteiger partial charge in [0.1, 0.15) is 5.82 Å². The van der Waals surface area contributed by atoms with Crippen LogP contribution in [-0.4, -0.2) is 25.2 Å². The molecular formula is C10H11BrFNO4S. The van der Waals surface area contributed by atoms with Gasteiger partial charge < -0.3 is 5.11 Å². The van der Waals surface area contributed by atoms with Gasteiger partial charge >= 0.3 is 5.97 Å². The molecule has 0 aromatic heterocycles. The number of benzene rings is 1. The minimum Gasteiger partial charge on any atom is -0.481 e. The molecule has 0 unspecified atom stereocenters. The number of carbonyl (C=O) groups is 1. The van der Waals surface area contributed by atoms with E-state index >= 15 is 0 Å². The fourth-order valence-electron chi connectivity index (χ4n) is 1.20. The normalized spacial score (nSPS) is 11.2. The maximum atomic E-state index is 13.2. The van der Waals surface area contributed by atoms with E-state index in [4.69, 9.17) is 5.11 Å². The fraction of sp³-hybridized carbons (Fsp3) is 0.300. The molecule has 1 rings (SSSR count). The van der Waals surface area contributed by atoms with Crippen LogP contribution < -0.4 is 4.72 Å². The van der Waals surface area contributed by atoms with Crippen molar-refractivity contribution in [1.82, 2.24) is 0 Å². The predicted octanol–water partition coefficient (Wildman–Crippen LogP) is 2.19. The van der Waals surface area contributed by atoms with Crippen molar-refractivity contribution >= 4 is 37.6 Å². The Balaban J connectivity index is 2.64. The van der Waals surface area contributed by atoms with Crippen LogP contribution in [0, 0.1) is 5.82 Å². The Hall–Kier alpha value is -1.15. The van der Waals surface area contributed by atoms with Crippen molar-refractivity contribution < 1.29 is 22.7 Å². The third-order valence-corrected chi connectivity index (χ3v) is 4.01. The molecule has 0 bridgehead atoms. The van der Waals surface area contributed by atoms with Crippen LogP contribution in [0.1, 0.15) is 12.8 Å². The summed E-state index contributed by atoms with van der Waals surface area (Å²) in [6, 6.07) is 3.82. The van der Waals surface area contributed by atoms with Crippen molar-refractivity contribution in [2.45, 2.75) is 12.8 Å². The molecule has 0 heterocycles. The van der Waals surface area contributed by atoms with Crippen molar-refractivity contribution in [2.75, 3.05) is 10.5 Å². The predicted molar refractivity (Wildman–Crippen MR) is 68.4 cm³/mol. The van der Waals surface area contributed by atoms with Crippen LogP contribution in [0.2, 0.25) is 0 Å². The lowest BCUT2D eigenvalue weighted by molar-refractivity contribution is -0.137. The Morgan fingerprint density at radius 3 is 2.67 bits per heavy atom. The number of hydrogen-bond acceptors (Lipinski definition) is 3. The van der Waals surface area contributed by atoms with E-state index in [1.165, 1.54) is 12.1 Å². The lowest BCUT2D eigenvalue weighted by Crippen LogP contribution is -2.17. The quantitative estimate of drug-likeness (QED) is 0.832. The SMILES string of the molecule is O=C(O)CCCS(=O)(=O)Nc1ccc(Br)c(F)c1. The highest BCUT2D eigenvalue weighted by Crippen LogP contribution is 2.20. The van der Waals surface area contributed by atoms with E-state index in [0.29, 0.717) is 0 Å². The summed E-state index contributed by atoms with van der Waals surface area (Å²) in [5, 5.41) is 8.40. The average molecular weight is 340 g/mol. The molecule has 1 aromatic carbocycles. The molecule has 0 amide bonds. The van der Waals surface area contributed by atoms with Crippen LogP contribution in [0.25, 0.3) is 0 Å². The zero-order valence-corrected chi connectivity index (χ0v) is 11.6. The summed E-state index contributed by atoms with van der Waals surface area (Å²) in [4.78, 5) is 10.3.